The summed E-state index contributed by atoms with van der Waals surface area (Å²) in [7, 11) is 0. The van der Waals surface area contributed by atoms with Crippen LogP contribution >= 0.6 is 0 Å². The Hall–Kier alpha value is -1.71. The van der Waals surface area contributed by atoms with Gasteiger partial charge in [-0.25, -0.2) is 0 Å². The van der Waals surface area contributed by atoms with Crippen molar-refractivity contribution in [3.05, 3.63) is 36.7 Å². The van der Waals surface area contributed by atoms with Crippen LogP contribution in [0.25, 0.3) is 5.69 Å². The topological polar surface area (TPSA) is 34.6 Å². The first-order valence-corrected chi connectivity index (χ1v) is 4.27. The van der Waals surface area contributed by atoms with Crippen molar-refractivity contribution in [2.24, 2.45) is 0 Å². The molecule has 4 nitrogen and oxygen atoms in total. The van der Waals surface area contributed by atoms with E-state index < -0.39 is 0 Å². The Bertz CT molecular complexity index is 460. The zero-order valence-electron chi connectivity index (χ0n) is 7.25. The fraction of sp³-hybridized carbons (Fsp3) is 0.222. The molecule has 1 unspecified atom stereocenters. The van der Waals surface area contributed by atoms with Gasteiger partial charge in [0.2, 0.25) is 6.33 Å². The van der Waals surface area contributed by atoms with Crippen LogP contribution in [0.1, 0.15) is 18.7 Å². The molecule has 1 aliphatic rings. The molecule has 0 aromatic carbocycles. The van der Waals surface area contributed by atoms with Crippen molar-refractivity contribution >= 4 is 0 Å². The average Bonchev–Trinajstić information content (AvgIpc) is 2.72. The Morgan fingerprint density at radius 2 is 2.46 bits per heavy atom. The van der Waals surface area contributed by atoms with E-state index in [1.54, 1.807) is 0 Å². The van der Waals surface area contributed by atoms with Gasteiger partial charge in [0.05, 0.1) is 0 Å². The molecule has 64 valence electrons. The first kappa shape index (κ1) is 6.77. The Morgan fingerprint density at radius 1 is 1.54 bits per heavy atom. The molecule has 13 heavy (non-hydrogen) atoms. The van der Waals surface area contributed by atoms with Crippen molar-refractivity contribution in [2.75, 3.05) is 0 Å². The zero-order chi connectivity index (χ0) is 8.84. The highest BCUT2D eigenvalue weighted by Gasteiger charge is 2.30. The first-order chi connectivity index (χ1) is 6.38. The van der Waals surface area contributed by atoms with E-state index in [0.717, 1.165) is 11.4 Å². The SMILES string of the molecule is CC1c2ncccc2-n2cnc[n+]21. The third-order valence-corrected chi connectivity index (χ3v) is 2.47. The number of fused-ring (bicyclic) bond motifs is 3. The summed E-state index contributed by atoms with van der Waals surface area (Å²) in [5.74, 6) is 0. The Morgan fingerprint density at radius 3 is 3.38 bits per heavy atom. The molecule has 0 saturated carbocycles. The fourth-order valence-corrected chi connectivity index (χ4v) is 1.80. The largest absolute Gasteiger partial charge is 0.307 e. The molecule has 0 spiro atoms. The number of nitrogens with zero attached hydrogens (tertiary/aromatic N) is 4. The lowest BCUT2D eigenvalue weighted by atomic mass is 10.2. The van der Waals surface area contributed by atoms with E-state index >= 15 is 0 Å². The third kappa shape index (κ3) is 0.722. The van der Waals surface area contributed by atoms with Crippen LogP contribution < -0.4 is 4.68 Å². The van der Waals surface area contributed by atoms with Gasteiger partial charge in [-0.2, -0.15) is 0 Å². The maximum atomic E-state index is 4.36. The van der Waals surface area contributed by atoms with Crippen molar-refractivity contribution in [2.45, 2.75) is 13.0 Å². The van der Waals surface area contributed by atoms with Gasteiger partial charge < -0.3 is 0 Å². The predicted molar refractivity (Wildman–Crippen MR) is 45.4 cm³/mol. The van der Waals surface area contributed by atoms with Gasteiger partial charge in [-0.05, 0) is 24.0 Å². The van der Waals surface area contributed by atoms with Gasteiger partial charge in [-0.3, -0.25) is 4.98 Å². The summed E-state index contributed by atoms with van der Waals surface area (Å²) in [6, 6.07) is 4.30. The smallest absolute Gasteiger partial charge is 0.254 e. The summed E-state index contributed by atoms with van der Waals surface area (Å²) >= 11 is 0. The number of aromatic nitrogens is 4. The maximum absolute atomic E-state index is 4.36. The van der Waals surface area contributed by atoms with Crippen LogP contribution in [0, 0.1) is 0 Å². The molecule has 0 amide bonds. The number of rotatable bonds is 0. The second kappa shape index (κ2) is 2.16. The summed E-state index contributed by atoms with van der Waals surface area (Å²) in [5, 5.41) is 0. The fourth-order valence-electron chi connectivity index (χ4n) is 1.80. The standard InChI is InChI=1S/C9H9N4/c1-7-9-8(3-2-4-11-9)13-6-10-5-12(7)13/h2-7H,1H3/q+1. The van der Waals surface area contributed by atoms with Crippen molar-refractivity contribution in [3.63, 3.8) is 0 Å². The highest BCUT2D eigenvalue weighted by molar-refractivity contribution is 5.36. The van der Waals surface area contributed by atoms with E-state index in [1.165, 1.54) is 0 Å². The summed E-state index contributed by atoms with van der Waals surface area (Å²) in [4.78, 5) is 8.45. The van der Waals surface area contributed by atoms with Gasteiger partial charge >= 0.3 is 6.33 Å². The second-order valence-electron chi connectivity index (χ2n) is 3.19. The highest BCUT2D eigenvalue weighted by atomic mass is 15.5. The molecule has 0 bridgehead atoms. The second-order valence-corrected chi connectivity index (χ2v) is 3.19. The molecule has 0 radical (unpaired) electrons. The van der Waals surface area contributed by atoms with Crippen molar-refractivity contribution in [1.82, 2.24) is 14.6 Å². The van der Waals surface area contributed by atoms with Crippen molar-refractivity contribution < 1.29 is 4.68 Å². The van der Waals surface area contributed by atoms with Crippen LogP contribution in [0.4, 0.5) is 0 Å². The van der Waals surface area contributed by atoms with E-state index in [9.17, 15) is 0 Å². The summed E-state index contributed by atoms with van der Waals surface area (Å²) < 4.78 is 4.09. The average molecular weight is 173 g/mol. The predicted octanol–water partition coefficient (Wildman–Crippen LogP) is 0.477. The Balaban J connectivity index is 2.37. The Labute approximate surface area is 75.5 Å². The van der Waals surface area contributed by atoms with Crippen LogP contribution in [0.3, 0.4) is 0 Å². The van der Waals surface area contributed by atoms with E-state index in [4.69, 9.17) is 0 Å². The minimum Gasteiger partial charge on any atom is -0.254 e. The molecule has 3 heterocycles. The molecule has 0 aliphatic carbocycles. The molecule has 2 aromatic rings. The lowest BCUT2D eigenvalue weighted by Crippen LogP contribution is -2.39. The van der Waals surface area contributed by atoms with Gasteiger partial charge in [0, 0.05) is 6.20 Å². The number of hydrogen-bond acceptors (Lipinski definition) is 2. The summed E-state index contributed by atoms with van der Waals surface area (Å²) in [6.45, 7) is 2.12. The van der Waals surface area contributed by atoms with Gasteiger partial charge in [-0.1, -0.05) is 0 Å². The van der Waals surface area contributed by atoms with Crippen molar-refractivity contribution in [1.29, 1.82) is 0 Å². The molecule has 4 heteroatoms. The van der Waals surface area contributed by atoms with Crippen LogP contribution in [0.2, 0.25) is 0 Å². The van der Waals surface area contributed by atoms with Gasteiger partial charge in [0.1, 0.15) is 11.4 Å². The van der Waals surface area contributed by atoms with E-state index in [1.807, 2.05) is 29.6 Å². The normalized spacial score (nSPS) is 18.4. The van der Waals surface area contributed by atoms with Crippen LogP contribution in [-0.2, 0) is 0 Å². The van der Waals surface area contributed by atoms with E-state index in [2.05, 4.69) is 27.6 Å². The monoisotopic (exact) mass is 173 g/mol. The van der Waals surface area contributed by atoms with Gasteiger partial charge in [-0.15, -0.1) is 9.36 Å². The minimum absolute atomic E-state index is 0.290. The molecular weight excluding hydrogens is 164 g/mol. The Kier molecular flexibility index (Phi) is 1.12. The summed E-state index contributed by atoms with van der Waals surface area (Å²) in [6.07, 6.45) is 5.46. The first-order valence-electron chi connectivity index (χ1n) is 4.27. The number of pyridine rings is 1. The van der Waals surface area contributed by atoms with Crippen LogP contribution in [0.5, 0.6) is 0 Å². The van der Waals surface area contributed by atoms with Gasteiger partial charge in [0.25, 0.3) is 0 Å². The lowest BCUT2D eigenvalue weighted by molar-refractivity contribution is -0.772. The molecule has 2 aromatic heterocycles. The van der Waals surface area contributed by atoms with E-state index in [-0.39, 0.29) is 0 Å². The van der Waals surface area contributed by atoms with Crippen LogP contribution in [-0.4, -0.2) is 14.6 Å². The minimum atomic E-state index is 0.290. The molecule has 1 aliphatic heterocycles. The van der Waals surface area contributed by atoms with Crippen LogP contribution in [0.15, 0.2) is 31.0 Å². The lowest BCUT2D eigenvalue weighted by Gasteiger charge is -1.96. The third-order valence-electron chi connectivity index (χ3n) is 2.47. The van der Waals surface area contributed by atoms with Crippen molar-refractivity contribution in [3.8, 4) is 5.69 Å². The maximum Gasteiger partial charge on any atom is 0.307 e. The highest BCUT2D eigenvalue weighted by Crippen LogP contribution is 2.22. The molecule has 1 atom stereocenters. The molecule has 3 rings (SSSR count). The molecule has 0 fully saturated rings. The molecule has 0 saturated heterocycles. The van der Waals surface area contributed by atoms with E-state index in [0.29, 0.717) is 6.04 Å². The van der Waals surface area contributed by atoms with Gasteiger partial charge in [0.15, 0.2) is 6.04 Å². The quantitative estimate of drug-likeness (QED) is 0.543. The number of hydrogen-bond donors (Lipinski definition) is 0. The summed E-state index contributed by atoms with van der Waals surface area (Å²) in [5.41, 5.74) is 2.25. The molecule has 0 N–H and O–H groups in total. The molecular formula is C9H9N4+. The zero-order valence-corrected chi connectivity index (χ0v) is 7.25.